The Morgan fingerprint density at radius 1 is 1.32 bits per heavy atom. The van der Waals surface area contributed by atoms with Crippen molar-refractivity contribution < 1.29 is 4.79 Å². The molecule has 0 saturated heterocycles. The third-order valence-electron chi connectivity index (χ3n) is 3.94. The molecule has 1 amide bonds. The molecule has 0 unspecified atom stereocenters. The van der Waals surface area contributed by atoms with Gasteiger partial charge in [0, 0.05) is 13.6 Å². The van der Waals surface area contributed by atoms with Gasteiger partial charge in [0.25, 0.3) is 0 Å². The largest absolute Gasteiger partial charge is 0.340 e. The highest BCUT2D eigenvalue weighted by Gasteiger charge is 2.38. The molecule has 1 aliphatic carbocycles. The van der Waals surface area contributed by atoms with Gasteiger partial charge in [0.15, 0.2) is 0 Å². The van der Waals surface area contributed by atoms with Crippen LogP contribution in [-0.2, 0) is 11.3 Å². The van der Waals surface area contributed by atoms with Crippen LogP contribution in [0.4, 0.5) is 0 Å². The molecule has 2 N–H and O–H groups in total. The third-order valence-corrected chi connectivity index (χ3v) is 3.94. The van der Waals surface area contributed by atoms with Crippen molar-refractivity contribution >= 4 is 18.3 Å². The number of amides is 1. The number of aryl methyl sites for hydroxylation is 1. The summed E-state index contributed by atoms with van der Waals surface area (Å²) in [7, 11) is 1.85. The van der Waals surface area contributed by atoms with E-state index in [0.717, 1.165) is 25.7 Å². The highest BCUT2D eigenvalue weighted by molar-refractivity contribution is 5.86. The second-order valence-electron chi connectivity index (χ2n) is 5.45. The standard InChI is InChI=1S/C15H22N2O.ClH/c1-12-7-3-4-8-13(12)11-17(2)14(18)15(16)9-5-6-10-15;/h3-4,7-8H,5-6,9-11,16H2,1-2H3;1H. The van der Waals surface area contributed by atoms with E-state index in [4.69, 9.17) is 5.73 Å². The van der Waals surface area contributed by atoms with Crippen molar-refractivity contribution in [3.05, 3.63) is 35.4 Å². The molecule has 1 aliphatic rings. The third kappa shape index (κ3) is 3.48. The Balaban J connectivity index is 0.00000180. The van der Waals surface area contributed by atoms with Crippen LogP contribution < -0.4 is 5.73 Å². The average molecular weight is 283 g/mol. The topological polar surface area (TPSA) is 46.3 Å². The number of nitrogens with zero attached hydrogens (tertiary/aromatic N) is 1. The Bertz CT molecular complexity index is 442. The number of likely N-dealkylation sites (N-methyl/N-ethyl adjacent to an activating group) is 1. The first kappa shape index (κ1) is 16.0. The molecule has 1 fully saturated rings. The number of carbonyl (C=O) groups is 1. The molecule has 106 valence electrons. The normalized spacial score (nSPS) is 16.8. The van der Waals surface area contributed by atoms with Crippen molar-refractivity contribution in [2.75, 3.05) is 7.05 Å². The summed E-state index contributed by atoms with van der Waals surface area (Å²) in [6, 6.07) is 8.16. The smallest absolute Gasteiger partial charge is 0.242 e. The number of hydrogen-bond acceptors (Lipinski definition) is 2. The molecule has 0 atom stereocenters. The van der Waals surface area contributed by atoms with E-state index >= 15 is 0 Å². The quantitative estimate of drug-likeness (QED) is 0.926. The lowest BCUT2D eigenvalue weighted by Crippen LogP contribution is -2.52. The lowest BCUT2D eigenvalue weighted by Gasteiger charge is -2.29. The number of hydrogen-bond donors (Lipinski definition) is 1. The van der Waals surface area contributed by atoms with Crippen LogP contribution in [0.5, 0.6) is 0 Å². The van der Waals surface area contributed by atoms with Crippen LogP contribution in [0, 0.1) is 6.92 Å². The molecule has 0 spiro atoms. The predicted octanol–water partition coefficient (Wildman–Crippen LogP) is 2.65. The second-order valence-corrected chi connectivity index (χ2v) is 5.45. The Morgan fingerprint density at radius 3 is 2.47 bits per heavy atom. The van der Waals surface area contributed by atoms with Crippen LogP contribution in [0.25, 0.3) is 0 Å². The fourth-order valence-electron chi connectivity index (χ4n) is 2.71. The predicted molar refractivity (Wildman–Crippen MR) is 80.3 cm³/mol. The van der Waals surface area contributed by atoms with E-state index in [1.54, 1.807) is 4.90 Å². The summed E-state index contributed by atoms with van der Waals surface area (Å²) in [5.41, 5.74) is 8.00. The fraction of sp³-hybridized carbons (Fsp3) is 0.533. The minimum Gasteiger partial charge on any atom is -0.340 e. The van der Waals surface area contributed by atoms with Gasteiger partial charge in [-0.25, -0.2) is 0 Å². The summed E-state index contributed by atoms with van der Waals surface area (Å²) in [5, 5.41) is 0. The molecule has 0 radical (unpaired) electrons. The van der Waals surface area contributed by atoms with Crippen molar-refractivity contribution in [1.29, 1.82) is 0 Å². The Hall–Kier alpha value is -1.06. The van der Waals surface area contributed by atoms with E-state index in [1.807, 2.05) is 19.2 Å². The van der Waals surface area contributed by atoms with E-state index in [0.29, 0.717) is 6.54 Å². The first-order chi connectivity index (χ1) is 8.53. The summed E-state index contributed by atoms with van der Waals surface area (Å²) in [6.07, 6.45) is 3.79. The lowest BCUT2D eigenvalue weighted by atomic mass is 9.97. The van der Waals surface area contributed by atoms with Crippen LogP contribution >= 0.6 is 12.4 Å². The van der Waals surface area contributed by atoms with Crippen LogP contribution in [-0.4, -0.2) is 23.4 Å². The molecular weight excluding hydrogens is 260 g/mol. The van der Waals surface area contributed by atoms with Gasteiger partial charge in [-0.05, 0) is 30.9 Å². The molecule has 19 heavy (non-hydrogen) atoms. The molecule has 2 rings (SSSR count). The van der Waals surface area contributed by atoms with Crippen LogP contribution in [0.2, 0.25) is 0 Å². The van der Waals surface area contributed by atoms with Gasteiger partial charge in [-0.2, -0.15) is 0 Å². The van der Waals surface area contributed by atoms with Gasteiger partial charge >= 0.3 is 0 Å². The van der Waals surface area contributed by atoms with Crippen molar-refractivity contribution in [1.82, 2.24) is 4.90 Å². The van der Waals surface area contributed by atoms with Gasteiger partial charge in [-0.1, -0.05) is 37.1 Å². The zero-order valence-electron chi connectivity index (χ0n) is 11.7. The van der Waals surface area contributed by atoms with Crippen molar-refractivity contribution in [2.45, 2.75) is 44.7 Å². The maximum Gasteiger partial charge on any atom is 0.242 e. The van der Waals surface area contributed by atoms with E-state index in [-0.39, 0.29) is 18.3 Å². The molecule has 0 aromatic heterocycles. The Kier molecular flexibility index (Phi) is 5.39. The van der Waals surface area contributed by atoms with Crippen LogP contribution in [0.1, 0.15) is 36.8 Å². The monoisotopic (exact) mass is 282 g/mol. The minimum absolute atomic E-state index is 0. The molecular formula is C15H23ClN2O. The maximum atomic E-state index is 12.4. The zero-order chi connectivity index (χ0) is 13.2. The Labute approximate surface area is 121 Å². The molecule has 1 saturated carbocycles. The lowest BCUT2D eigenvalue weighted by molar-refractivity contribution is -0.136. The summed E-state index contributed by atoms with van der Waals surface area (Å²) in [4.78, 5) is 14.2. The number of carbonyl (C=O) groups excluding carboxylic acids is 1. The SMILES string of the molecule is Cc1ccccc1CN(C)C(=O)C1(N)CCCC1.Cl. The van der Waals surface area contributed by atoms with Gasteiger partial charge in [-0.15, -0.1) is 12.4 Å². The van der Waals surface area contributed by atoms with E-state index < -0.39 is 5.54 Å². The van der Waals surface area contributed by atoms with Crippen molar-refractivity contribution in [2.24, 2.45) is 5.73 Å². The van der Waals surface area contributed by atoms with Gasteiger partial charge < -0.3 is 10.6 Å². The summed E-state index contributed by atoms with van der Waals surface area (Å²) in [6.45, 7) is 2.71. The average Bonchev–Trinajstić information content (AvgIpc) is 2.79. The van der Waals surface area contributed by atoms with Crippen molar-refractivity contribution in [3.8, 4) is 0 Å². The molecule has 0 aliphatic heterocycles. The summed E-state index contributed by atoms with van der Waals surface area (Å²) < 4.78 is 0. The Morgan fingerprint density at radius 2 is 1.89 bits per heavy atom. The number of halogens is 1. The van der Waals surface area contributed by atoms with Crippen LogP contribution in [0.3, 0.4) is 0 Å². The highest BCUT2D eigenvalue weighted by atomic mass is 35.5. The van der Waals surface area contributed by atoms with Crippen molar-refractivity contribution in [3.63, 3.8) is 0 Å². The van der Waals surface area contributed by atoms with Crippen LogP contribution in [0.15, 0.2) is 24.3 Å². The van der Waals surface area contributed by atoms with Gasteiger partial charge in [0.1, 0.15) is 0 Å². The first-order valence-electron chi connectivity index (χ1n) is 6.62. The van der Waals surface area contributed by atoms with Gasteiger partial charge in [0.05, 0.1) is 5.54 Å². The first-order valence-corrected chi connectivity index (χ1v) is 6.62. The van der Waals surface area contributed by atoms with Gasteiger partial charge in [-0.3, -0.25) is 4.79 Å². The fourth-order valence-corrected chi connectivity index (χ4v) is 2.71. The molecule has 3 nitrogen and oxygen atoms in total. The zero-order valence-corrected chi connectivity index (χ0v) is 12.5. The molecule has 0 bridgehead atoms. The second kappa shape index (κ2) is 6.40. The summed E-state index contributed by atoms with van der Waals surface area (Å²) >= 11 is 0. The number of rotatable bonds is 3. The minimum atomic E-state index is -0.614. The summed E-state index contributed by atoms with van der Waals surface area (Å²) in [5.74, 6) is 0.0863. The number of benzene rings is 1. The highest BCUT2D eigenvalue weighted by Crippen LogP contribution is 2.29. The molecule has 1 aromatic carbocycles. The molecule has 4 heteroatoms. The van der Waals surface area contributed by atoms with Gasteiger partial charge in [0.2, 0.25) is 5.91 Å². The molecule has 0 heterocycles. The maximum absolute atomic E-state index is 12.4. The number of nitrogens with two attached hydrogens (primary N) is 1. The van der Waals surface area contributed by atoms with E-state index in [9.17, 15) is 4.79 Å². The van der Waals surface area contributed by atoms with E-state index in [2.05, 4.69) is 19.1 Å². The molecule has 1 aromatic rings. The van der Waals surface area contributed by atoms with E-state index in [1.165, 1.54) is 11.1 Å².